The van der Waals surface area contributed by atoms with E-state index in [0.29, 0.717) is 18.7 Å². The number of rotatable bonds is 4. The minimum atomic E-state index is -0.493. The number of hydrogen-bond donors (Lipinski definition) is 2. The van der Waals surface area contributed by atoms with Gasteiger partial charge < -0.3 is 15.5 Å². The molecule has 0 aromatic heterocycles. The van der Waals surface area contributed by atoms with Crippen LogP contribution in [-0.4, -0.2) is 48.4 Å². The molecule has 2 rings (SSSR count). The molecule has 0 saturated carbocycles. The Morgan fingerprint density at radius 2 is 1.96 bits per heavy atom. The van der Waals surface area contributed by atoms with Crippen molar-refractivity contribution in [1.82, 2.24) is 15.5 Å². The number of nitrogens with zero attached hydrogens (tertiary/aromatic N) is 1. The second kappa shape index (κ2) is 9.04. The van der Waals surface area contributed by atoms with Crippen LogP contribution in [0.3, 0.4) is 0 Å². The maximum Gasteiger partial charge on any atom is 0.252 e. The minimum absolute atomic E-state index is 0. The van der Waals surface area contributed by atoms with Gasteiger partial charge in [-0.2, -0.15) is 0 Å². The van der Waals surface area contributed by atoms with E-state index in [0.717, 1.165) is 12.1 Å². The van der Waals surface area contributed by atoms with Gasteiger partial charge in [-0.1, -0.05) is 32.0 Å². The zero-order chi connectivity index (χ0) is 17.0. The highest BCUT2D eigenvalue weighted by Gasteiger charge is 2.31. The van der Waals surface area contributed by atoms with E-state index in [4.69, 9.17) is 0 Å². The Hall–Kier alpha value is -1.59. The molecule has 0 aliphatic carbocycles. The molecule has 6 heteroatoms. The number of carbonyl (C=O) groups excluding carboxylic acids is 2. The lowest BCUT2D eigenvalue weighted by Crippen LogP contribution is -2.58. The molecule has 0 spiro atoms. The second-order valence-electron chi connectivity index (χ2n) is 6.65. The molecule has 2 N–H and O–H groups in total. The summed E-state index contributed by atoms with van der Waals surface area (Å²) in [6.07, 6.45) is 0. The van der Waals surface area contributed by atoms with Crippen LogP contribution in [0.5, 0.6) is 0 Å². The van der Waals surface area contributed by atoms with Gasteiger partial charge in [0.05, 0.1) is 0 Å². The highest BCUT2D eigenvalue weighted by molar-refractivity contribution is 5.98. The van der Waals surface area contributed by atoms with Gasteiger partial charge in [-0.15, -0.1) is 12.4 Å². The lowest BCUT2D eigenvalue weighted by Gasteiger charge is -2.35. The third-order valence-electron chi connectivity index (χ3n) is 4.29. The predicted octanol–water partition coefficient (Wildman–Crippen LogP) is 1.99. The Morgan fingerprint density at radius 3 is 2.54 bits per heavy atom. The first-order valence-electron chi connectivity index (χ1n) is 8.28. The van der Waals surface area contributed by atoms with Crippen molar-refractivity contribution in [3.8, 4) is 0 Å². The number of nitrogens with one attached hydrogen (secondary N) is 2. The standard InChI is InChI=1S/C18H27N3O2.ClH/c1-12(2)16(18(23)21-10-9-19-14(4)11-21)20-17(22)15-8-6-5-7-13(15)3;/h5-8,12,14,16,19H,9-11H2,1-4H3,(H,20,22);1H. The molecule has 0 radical (unpaired) electrons. The molecule has 1 heterocycles. The zero-order valence-corrected chi connectivity index (χ0v) is 15.7. The van der Waals surface area contributed by atoms with E-state index in [2.05, 4.69) is 17.6 Å². The first-order chi connectivity index (χ1) is 10.9. The topological polar surface area (TPSA) is 61.4 Å². The molecule has 0 bridgehead atoms. The summed E-state index contributed by atoms with van der Waals surface area (Å²) in [6.45, 7) is 10.1. The molecule has 5 nitrogen and oxygen atoms in total. The van der Waals surface area contributed by atoms with Gasteiger partial charge in [0.2, 0.25) is 5.91 Å². The first-order valence-corrected chi connectivity index (χ1v) is 8.28. The van der Waals surface area contributed by atoms with Crippen LogP contribution in [0.4, 0.5) is 0 Å². The summed E-state index contributed by atoms with van der Waals surface area (Å²) < 4.78 is 0. The number of amides is 2. The largest absolute Gasteiger partial charge is 0.340 e. The monoisotopic (exact) mass is 353 g/mol. The Kier molecular flexibility index (Phi) is 7.70. The Morgan fingerprint density at radius 1 is 1.29 bits per heavy atom. The number of piperazine rings is 1. The van der Waals surface area contributed by atoms with Gasteiger partial charge in [0.25, 0.3) is 5.91 Å². The minimum Gasteiger partial charge on any atom is -0.340 e. The van der Waals surface area contributed by atoms with Crippen molar-refractivity contribution in [2.75, 3.05) is 19.6 Å². The van der Waals surface area contributed by atoms with Crippen molar-refractivity contribution in [1.29, 1.82) is 0 Å². The smallest absolute Gasteiger partial charge is 0.252 e. The van der Waals surface area contributed by atoms with E-state index in [1.165, 1.54) is 0 Å². The van der Waals surface area contributed by atoms with Crippen molar-refractivity contribution >= 4 is 24.2 Å². The van der Waals surface area contributed by atoms with Crippen molar-refractivity contribution < 1.29 is 9.59 Å². The van der Waals surface area contributed by atoms with E-state index in [1.54, 1.807) is 6.07 Å². The third-order valence-corrected chi connectivity index (χ3v) is 4.29. The number of benzene rings is 1. The first kappa shape index (κ1) is 20.5. The Balaban J connectivity index is 0.00000288. The van der Waals surface area contributed by atoms with Gasteiger partial charge in [0.15, 0.2) is 0 Å². The highest BCUT2D eigenvalue weighted by Crippen LogP contribution is 2.12. The van der Waals surface area contributed by atoms with Crippen molar-refractivity contribution in [3.05, 3.63) is 35.4 Å². The van der Waals surface area contributed by atoms with Crippen LogP contribution in [0.15, 0.2) is 24.3 Å². The Labute approximate surface area is 150 Å². The summed E-state index contributed by atoms with van der Waals surface area (Å²) in [5.41, 5.74) is 1.54. The molecule has 1 aromatic carbocycles. The second-order valence-corrected chi connectivity index (χ2v) is 6.65. The van der Waals surface area contributed by atoms with Crippen molar-refractivity contribution in [2.45, 2.75) is 39.8 Å². The molecule has 2 unspecified atom stereocenters. The van der Waals surface area contributed by atoms with Crippen molar-refractivity contribution in [3.63, 3.8) is 0 Å². The fraction of sp³-hybridized carbons (Fsp3) is 0.556. The van der Waals surface area contributed by atoms with E-state index < -0.39 is 6.04 Å². The van der Waals surface area contributed by atoms with Gasteiger partial charge in [-0.25, -0.2) is 0 Å². The highest BCUT2D eigenvalue weighted by atomic mass is 35.5. The SMILES string of the molecule is Cc1ccccc1C(=O)NC(C(=O)N1CCNC(C)C1)C(C)C.Cl. The van der Waals surface area contributed by atoms with Gasteiger partial charge >= 0.3 is 0 Å². The fourth-order valence-corrected chi connectivity index (χ4v) is 2.89. The summed E-state index contributed by atoms with van der Waals surface area (Å²) in [6, 6.07) is 7.23. The molecule has 24 heavy (non-hydrogen) atoms. The van der Waals surface area contributed by atoms with Crippen LogP contribution in [0.2, 0.25) is 0 Å². The van der Waals surface area contributed by atoms with Crippen LogP contribution in [0.1, 0.15) is 36.7 Å². The van der Waals surface area contributed by atoms with Crippen molar-refractivity contribution in [2.24, 2.45) is 5.92 Å². The summed E-state index contributed by atoms with van der Waals surface area (Å²) >= 11 is 0. The molecule has 2 atom stereocenters. The van der Waals surface area contributed by atoms with E-state index >= 15 is 0 Å². The molecule has 1 saturated heterocycles. The molecule has 1 fully saturated rings. The number of carbonyl (C=O) groups is 2. The van der Waals surface area contributed by atoms with E-state index in [9.17, 15) is 9.59 Å². The molecule has 1 aliphatic rings. The average Bonchev–Trinajstić information content (AvgIpc) is 2.52. The van der Waals surface area contributed by atoms with Gasteiger partial charge in [0.1, 0.15) is 6.04 Å². The molecule has 134 valence electrons. The Bertz CT molecular complexity index is 577. The fourth-order valence-electron chi connectivity index (χ4n) is 2.89. The molecule has 1 aromatic rings. The maximum absolute atomic E-state index is 12.8. The molecule has 2 amide bonds. The van der Waals surface area contributed by atoms with Crippen LogP contribution in [0, 0.1) is 12.8 Å². The van der Waals surface area contributed by atoms with Crippen LogP contribution < -0.4 is 10.6 Å². The number of hydrogen-bond acceptors (Lipinski definition) is 3. The molecular formula is C18H28ClN3O2. The van der Waals surface area contributed by atoms with Gasteiger partial charge in [-0.3, -0.25) is 9.59 Å². The van der Waals surface area contributed by atoms with E-state index in [1.807, 2.05) is 43.9 Å². The summed E-state index contributed by atoms with van der Waals surface area (Å²) in [5.74, 6) is -0.130. The predicted molar refractivity (Wildman–Crippen MR) is 98.6 cm³/mol. The summed E-state index contributed by atoms with van der Waals surface area (Å²) in [4.78, 5) is 27.2. The maximum atomic E-state index is 12.8. The van der Waals surface area contributed by atoms with Gasteiger partial charge in [0, 0.05) is 31.2 Å². The molecule has 1 aliphatic heterocycles. The lowest BCUT2D eigenvalue weighted by atomic mass is 10.0. The average molecular weight is 354 g/mol. The van der Waals surface area contributed by atoms with E-state index in [-0.39, 0.29) is 36.2 Å². The van der Waals surface area contributed by atoms with Crippen LogP contribution in [-0.2, 0) is 4.79 Å². The van der Waals surface area contributed by atoms with Gasteiger partial charge in [-0.05, 0) is 31.4 Å². The van der Waals surface area contributed by atoms with Crippen LogP contribution in [0.25, 0.3) is 0 Å². The molecular weight excluding hydrogens is 326 g/mol. The summed E-state index contributed by atoms with van der Waals surface area (Å²) in [5, 5.41) is 6.26. The number of aryl methyl sites for hydroxylation is 1. The zero-order valence-electron chi connectivity index (χ0n) is 14.8. The normalized spacial score (nSPS) is 18.7. The quantitative estimate of drug-likeness (QED) is 0.870. The summed E-state index contributed by atoms with van der Waals surface area (Å²) in [7, 11) is 0. The van der Waals surface area contributed by atoms with Crippen LogP contribution >= 0.6 is 12.4 Å². The lowest BCUT2D eigenvalue weighted by molar-refractivity contribution is -0.135. The third kappa shape index (κ3) is 4.95. The number of halogens is 1.